The van der Waals surface area contributed by atoms with E-state index in [1.165, 1.54) is 23.3 Å². The molecule has 0 saturated carbocycles. The quantitative estimate of drug-likeness (QED) is 0.478. The number of fused-ring (bicyclic) bond motifs is 1. The number of carbonyl (C=O) groups excluding carboxylic acids is 2. The molecule has 2 heterocycles. The zero-order valence-electron chi connectivity index (χ0n) is 21.2. The second-order valence-electron chi connectivity index (χ2n) is 10.2. The van der Waals surface area contributed by atoms with Crippen molar-refractivity contribution in [1.29, 1.82) is 0 Å². The first kappa shape index (κ1) is 26.0. The molecule has 0 radical (unpaired) electrons. The Morgan fingerprint density at radius 3 is 2.13 bits per heavy atom. The summed E-state index contributed by atoms with van der Waals surface area (Å²) in [4.78, 5) is 29.6. The summed E-state index contributed by atoms with van der Waals surface area (Å²) in [6.07, 6.45) is -2.20. The number of rotatable bonds is 4. The number of alkyl halides is 3. The molecule has 198 valence electrons. The maximum atomic E-state index is 13.0. The molecule has 0 aromatic heterocycles. The van der Waals surface area contributed by atoms with E-state index in [4.69, 9.17) is 0 Å². The minimum absolute atomic E-state index is 0.0233. The SMILES string of the molecule is CN1Cc2ccccc2CC1C(=O)Nc1ccc(C2CCN(C(=O)c3ccc(C(F)(F)F)cc3)CC2)cc1. The van der Waals surface area contributed by atoms with Gasteiger partial charge in [0.2, 0.25) is 5.91 Å². The van der Waals surface area contributed by atoms with Crippen LogP contribution >= 0.6 is 0 Å². The van der Waals surface area contributed by atoms with Crippen LogP contribution < -0.4 is 5.32 Å². The highest BCUT2D eigenvalue weighted by atomic mass is 19.4. The van der Waals surface area contributed by atoms with Crippen LogP contribution in [-0.4, -0.2) is 47.8 Å². The zero-order chi connectivity index (χ0) is 26.9. The maximum absolute atomic E-state index is 13.0. The van der Waals surface area contributed by atoms with Gasteiger partial charge in [0, 0.05) is 30.9 Å². The largest absolute Gasteiger partial charge is 0.416 e. The Labute approximate surface area is 220 Å². The Hall–Kier alpha value is -3.65. The van der Waals surface area contributed by atoms with Crippen LogP contribution in [0.15, 0.2) is 72.8 Å². The molecule has 1 unspecified atom stereocenters. The van der Waals surface area contributed by atoms with Gasteiger partial charge in [-0.3, -0.25) is 14.5 Å². The lowest BCUT2D eigenvalue weighted by molar-refractivity contribution is -0.137. The fourth-order valence-electron chi connectivity index (χ4n) is 5.41. The lowest BCUT2D eigenvalue weighted by atomic mass is 9.89. The van der Waals surface area contributed by atoms with Crippen molar-refractivity contribution in [2.75, 3.05) is 25.5 Å². The highest BCUT2D eigenvalue weighted by Crippen LogP contribution is 2.31. The van der Waals surface area contributed by atoms with Gasteiger partial charge in [-0.2, -0.15) is 13.2 Å². The summed E-state index contributed by atoms with van der Waals surface area (Å²) in [5, 5.41) is 3.05. The number of hydrogen-bond donors (Lipinski definition) is 1. The number of likely N-dealkylation sites (tertiary alicyclic amines) is 1. The minimum atomic E-state index is -4.42. The van der Waals surface area contributed by atoms with Crippen molar-refractivity contribution in [3.63, 3.8) is 0 Å². The van der Waals surface area contributed by atoms with Crippen LogP contribution in [0.4, 0.5) is 18.9 Å². The van der Waals surface area contributed by atoms with E-state index >= 15 is 0 Å². The van der Waals surface area contributed by atoms with Gasteiger partial charge in [-0.15, -0.1) is 0 Å². The average molecular weight is 522 g/mol. The first-order valence-electron chi connectivity index (χ1n) is 12.8. The number of likely N-dealkylation sites (N-methyl/N-ethyl adjacent to an activating group) is 1. The Morgan fingerprint density at radius 1 is 0.868 bits per heavy atom. The number of nitrogens with zero attached hydrogens (tertiary/aromatic N) is 2. The molecule has 1 fully saturated rings. The predicted molar refractivity (Wildman–Crippen MR) is 140 cm³/mol. The molecule has 2 amide bonds. The highest BCUT2D eigenvalue weighted by Gasteiger charge is 2.31. The number of carbonyl (C=O) groups is 2. The van der Waals surface area contributed by atoms with E-state index in [1.54, 1.807) is 4.90 Å². The molecule has 8 heteroatoms. The molecule has 0 bridgehead atoms. The van der Waals surface area contributed by atoms with Gasteiger partial charge in [-0.05, 0) is 85.3 Å². The van der Waals surface area contributed by atoms with E-state index in [-0.39, 0.29) is 29.3 Å². The summed E-state index contributed by atoms with van der Waals surface area (Å²) in [6, 6.07) is 20.3. The summed E-state index contributed by atoms with van der Waals surface area (Å²) >= 11 is 0. The molecule has 38 heavy (non-hydrogen) atoms. The number of piperidine rings is 1. The van der Waals surface area contributed by atoms with Crippen molar-refractivity contribution in [2.45, 2.75) is 43.9 Å². The van der Waals surface area contributed by atoms with Crippen molar-refractivity contribution in [2.24, 2.45) is 0 Å². The van der Waals surface area contributed by atoms with Crippen molar-refractivity contribution in [1.82, 2.24) is 9.80 Å². The number of halogens is 3. The Bertz CT molecular complexity index is 1300. The van der Waals surface area contributed by atoms with Gasteiger partial charge in [-0.1, -0.05) is 36.4 Å². The van der Waals surface area contributed by atoms with E-state index in [1.807, 2.05) is 43.4 Å². The monoisotopic (exact) mass is 521 g/mol. The first-order chi connectivity index (χ1) is 18.2. The Kier molecular flexibility index (Phi) is 7.25. The molecule has 3 aromatic carbocycles. The molecule has 0 spiro atoms. The maximum Gasteiger partial charge on any atom is 0.416 e. The third-order valence-corrected chi connectivity index (χ3v) is 7.68. The molecule has 1 atom stereocenters. The van der Waals surface area contributed by atoms with Gasteiger partial charge in [0.1, 0.15) is 0 Å². The number of benzene rings is 3. The van der Waals surface area contributed by atoms with Crippen LogP contribution in [0, 0.1) is 0 Å². The third-order valence-electron chi connectivity index (χ3n) is 7.68. The average Bonchev–Trinajstić information content (AvgIpc) is 2.92. The summed E-state index contributed by atoms with van der Waals surface area (Å²) in [7, 11) is 1.97. The van der Waals surface area contributed by atoms with Crippen LogP contribution in [0.1, 0.15) is 51.4 Å². The van der Waals surface area contributed by atoms with Gasteiger partial charge in [-0.25, -0.2) is 0 Å². The summed E-state index contributed by atoms with van der Waals surface area (Å²) in [5.74, 6) is 0.00719. The van der Waals surface area contributed by atoms with Crippen LogP contribution in [0.3, 0.4) is 0 Å². The molecule has 5 nitrogen and oxygen atoms in total. The van der Waals surface area contributed by atoms with Gasteiger partial charge in [0.15, 0.2) is 0 Å². The van der Waals surface area contributed by atoms with Gasteiger partial charge in [0.25, 0.3) is 5.91 Å². The first-order valence-corrected chi connectivity index (χ1v) is 12.8. The molecule has 1 saturated heterocycles. The Balaban J connectivity index is 1.14. The molecule has 2 aliphatic rings. The number of amides is 2. The number of hydrogen-bond acceptors (Lipinski definition) is 3. The second-order valence-corrected chi connectivity index (χ2v) is 10.2. The lowest BCUT2D eigenvalue weighted by Crippen LogP contribution is -2.45. The van der Waals surface area contributed by atoms with E-state index in [0.717, 1.165) is 42.8 Å². The van der Waals surface area contributed by atoms with Crippen LogP contribution in [0.2, 0.25) is 0 Å². The lowest BCUT2D eigenvalue weighted by Gasteiger charge is -2.33. The third kappa shape index (κ3) is 5.60. The minimum Gasteiger partial charge on any atom is -0.339 e. The normalized spacial score (nSPS) is 18.6. The summed E-state index contributed by atoms with van der Waals surface area (Å²) in [5.41, 5.74) is 3.88. The van der Waals surface area contributed by atoms with E-state index in [0.29, 0.717) is 19.5 Å². The molecule has 1 N–H and O–H groups in total. The van der Waals surface area contributed by atoms with Crippen molar-refractivity contribution in [3.8, 4) is 0 Å². The predicted octanol–water partition coefficient (Wildman–Crippen LogP) is 5.72. The van der Waals surface area contributed by atoms with E-state index in [2.05, 4.69) is 22.3 Å². The molecular weight excluding hydrogens is 491 g/mol. The zero-order valence-corrected chi connectivity index (χ0v) is 21.2. The van der Waals surface area contributed by atoms with Crippen molar-refractivity contribution in [3.05, 3.63) is 101 Å². The summed E-state index contributed by atoms with van der Waals surface area (Å²) < 4.78 is 38.4. The molecule has 3 aromatic rings. The van der Waals surface area contributed by atoms with Crippen molar-refractivity contribution < 1.29 is 22.8 Å². The van der Waals surface area contributed by atoms with Gasteiger partial charge in [0.05, 0.1) is 11.6 Å². The summed E-state index contributed by atoms with van der Waals surface area (Å²) in [6.45, 7) is 1.82. The van der Waals surface area contributed by atoms with E-state index in [9.17, 15) is 22.8 Å². The van der Waals surface area contributed by atoms with Crippen LogP contribution in [0.5, 0.6) is 0 Å². The fourth-order valence-corrected chi connectivity index (χ4v) is 5.41. The highest BCUT2D eigenvalue weighted by molar-refractivity contribution is 5.95. The van der Waals surface area contributed by atoms with E-state index < -0.39 is 11.7 Å². The number of anilines is 1. The van der Waals surface area contributed by atoms with Crippen molar-refractivity contribution >= 4 is 17.5 Å². The van der Waals surface area contributed by atoms with Crippen LogP contribution in [-0.2, 0) is 23.9 Å². The molecular formula is C30H30F3N3O2. The fraction of sp³-hybridized carbons (Fsp3) is 0.333. The molecule has 2 aliphatic heterocycles. The standard InChI is InChI=1S/C30H30F3N3O2/c1-35-19-24-5-3-2-4-23(24)18-27(35)28(37)34-26-12-8-20(9-13-26)21-14-16-36(17-15-21)29(38)22-6-10-25(11-7-22)30(31,32)33/h2-13,21,27H,14-19H2,1H3,(H,34,37). The van der Waals surface area contributed by atoms with Crippen LogP contribution in [0.25, 0.3) is 0 Å². The number of nitrogens with one attached hydrogen (secondary N) is 1. The smallest absolute Gasteiger partial charge is 0.339 e. The molecule has 5 rings (SSSR count). The van der Waals surface area contributed by atoms with Gasteiger partial charge < -0.3 is 10.2 Å². The Morgan fingerprint density at radius 2 is 1.50 bits per heavy atom. The topological polar surface area (TPSA) is 52.7 Å². The van der Waals surface area contributed by atoms with Gasteiger partial charge >= 0.3 is 6.18 Å². The second kappa shape index (κ2) is 10.6. The molecule has 0 aliphatic carbocycles.